The Labute approximate surface area is 174 Å². The molecule has 4 rings (SSSR count). The quantitative estimate of drug-likeness (QED) is 0.826. The Morgan fingerprint density at radius 2 is 2.10 bits per heavy atom. The highest BCUT2D eigenvalue weighted by Gasteiger charge is 2.26. The van der Waals surface area contributed by atoms with Gasteiger partial charge < -0.3 is 14.5 Å². The Bertz CT molecular complexity index is 936. The lowest BCUT2D eigenvalue weighted by atomic mass is 10.0. The summed E-state index contributed by atoms with van der Waals surface area (Å²) in [4.78, 5) is 24.2. The predicted octanol–water partition coefficient (Wildman–Crippen LogP) is 3.26. The molecule has 2 saturated heterocycles. The van der Waals surface area contributed by atoms with Crippen molar-refractivity contribution in [2.24, 2.45) is 0 Å². The van der Waals surface area contributed by atoms with Crippen LogP contribution in [-0.4, -0.2) is 48.4 Å². The van der Waals surface area contributed by atoms with Crippen LogP contribution in [0.4, 0.5) is 20.5 Å². The predicted molar refractivity (Wildman–Crippen MR) is 112 cm³/mol. The number of ether oxygens (including phenoxy) is 1. The topological polar surface area (TPSA) is 61.5 Å². The van der Waals surface area contributed by atoms with Crippen LogP contribution in [0.15, 0.2) is 29.1 Å². The van der Waals surface area contributed by atoms with Crippen molar-refractivity contribution in [2.45, 2.75) is 51.2 Å². The lowest BCUT2D eigenvalue weighted by molar-refractivity contribution is 0.0529. The van der Waals surface area contributed by atoms with Gasteiger partial charge in [0, 0.05) is 31.7 Å². The molecule has 2 aliphatic heterocycles. The van der Waals surface area contributed by atoms with E-state index in [2.05, 4.69) is 14.8 Å². The first-order valence-corrected chi connectivity index (χ1v) is 10.7. The Kier molecular flexibility index (Phi) is 6.32. The van der Waals surface area contributed by atoms with Crippen molar-refractivity contribution in [1.29, 1.82) is 0 Å². The van der Waals surface area contributed by atoms with Gasteiger partial charge in [0.2, 0.25) is 5.95 Å². The number of rotatable bonds is 4. The highest BCUT2D eigenvalue weighted by Crippen LogP contribution is 2.26. The third-order valence-corrected chi connectivity index (χ3v) is 5.92. The summed E-state index contributed by atoms with van der Waals surface area (Å²) in [5.41, 5.74) is 0.140. The van der Waals surface area contributed by atoms with Gasteiger partial charge in [-0.25, -0.2) is 8.78 Å². The van der Waals surface area contributed by atoms with Gasteiger partial charge in [0.15, 0.2) is 11.6 Å². The van der Waals surface area contributed by atoms with Gasteiger partial charge in [-0.2, -0.15) is 4.98 Å². The maximum Gasteiger partial charge on any atom is 0.254 e. The van der Waals surface area contributed by atoms with Gasteiger partial charge in [-0.3, -0.25) is 9.78 Å². The molecule has 0 amide bonds. The van der Waals surface area contributed by atoms with Crippen LogP contribution < -0.4 is 15.4 Å². The summed E-state index contributed by atoms with van der Waals surface area (Å²) in [5, 5.41) is 0. The summed E-state index contributed by atoms with van der Waals surface area (Å²) in [6.07, 6.45) is 4.30. The van der Waals surface area contributed by atoms with E-state index in [0.717, 1.165) is 31.7 Å². The molecular weight excluding hydrogens is 390 g/mol. The van der Waals surface area contributed by atoms with Crippen molar-refractivity contribution in [2.75, 3.05) is 36.0 Å². The van der Waals surface area contributed by atoms with E-state index in [4.69, 9.17) is 9.72 Å². The third kappa shape index (κ3) is 4.64. The number of H-pyrrole nitrogens is 1. The Hall–Kier alpha value is -2.48. The molecule has 2 aliphatic rings. The number of hydrogen-bond acceptors (Lipinski definition) is 5. The first-order valence-electron chi connectivity index (χ1n) is 10.7. The Morgan fingerprint density at radius 1 is 1.23 bits per heavy atom. The molecule has 0 bridgehead atoms. The van der Waals surface area contributed by atoms with Crippen molar-refractivity contribution in [3.8, 4) is 0 Å². The molecule has 8 heteroatoms. The van der Waals surface area contributed by atoms with Crippen LogP contribution in [0.5, 0.6) is 0 Å². The number of aromatic nitrogens is 2. The molecule has 0 spiro atoms. The Morgan fingerprint density at radius 3 is 2.93 bits per heavy atom. The molecule has 2 atom stereocenters. The first kappa shape index (κ1) is 20.8. The van der Waals surface area contributed by atoms with Crippen LogP contribution in [0.3, 0.4) is 0 Å². The van der Waals surface area contributed by atoms with E-state index < -0.39 is 11.6 Å². The summed E-state index contributed by atoms with van der Waals surface area (Å²) >= 11 is 0. The molecule has 6 nitrogen and oxygen atoms in total. The van der Waals surface area contributed by atoms with Crippen LogP contribution in [0.25, 0.3) is 0 Å². The molecule has 1 aromatic heterocycles. The molecular formula is C22H28F2N4O2. The molecule has 2 aromatic rings. The molecule has 1 aromatic carbocycles. The first-order chi connectivity index (χ1) is 14.5. The second-order valence-corrected chi connectivity index (χ2v) is 8.17. The molecule has 3 heterocycles. The molecule has 2 fully saturated rings. The van der Waals surface area contributed by atoms with Gasteiger partial charge in [0.05, 0.1) is 12.7 Å². The molecule has 162 valence electrons. The zero-order valence-electron chi connectivity index (χ0n) is 17.2. The minimum Gasteiger partial charge on any atom is -0.375 e. The van der Waals surface area contributed by atoms with Crippen LogP contribution in [-0.2, 0) is 11.2 Å². The fraction of sp³-hybridized carbons (Fsp3) is 0.545. The summed E-state index contributed by atoms with van der Waals surface area (Å²) in [6.45, 7) is 4.66. The lowest BCUT2D eigenvalue weighted by Gasteiger charge is -2.34. The fourth-order valence-corrected chi connectivity index (χ4v) is 4.39. The number of nitrogens with one attached hydrogen (secondary N) is 1. The van der Waals surface area contributed by atoms with E-state index >= 15 is 0 Å². The second-order valence-electron chi connectivity index (χ2n) is 8.17. The van der Waals surface area contributed by atoms with Gasteiger partial charge in [-0.1, -0.05) is 25.0 Å². The number of nitrogens with zero attached hydrogens (tertiary/aromatic N) is 3. The summed E-state index contributed by atoms with van der Waals surface area (Å²) in [6, 6.07) is 5.75. The van der Waals surface area contributed by atoms with Crippen molar-refractivity contribution in [3.63, 3.8) is 0 Å². The average molecular weight is 418 g/mol. The normalized spacial score (nSPS) is 22.8. The van der Waals surface area contributed by atoms with E-state index in [9.17, 15) is 13.6 Å². The fourth-order valence-electron chi connectivity index (χ4n) is 4.39. The van der Waals surface area contributed by atoms with Gasteiger partial charge in [0.1, 0.15) is 5.82 Å². The molecule has 1 N–H and O–H groups in total. The summed E-state index contributed by atoms with van der Waals surface area (Å²) in [7, 11) is 0. The maximum absolute atomic E-state index is 14.3. The summed E-state index contributed by atoms with van der Waals surface area (Å²) < 4.78 is 33.6. The second kappa shape index (κ2) is 9.12. The maximum atomic E-state index is 14.3. The minimum absolute atomic E-state index is 0.0641. The zero-order chi connectivity index (χ0) is 21.1. The molecule has 0 radical (unpaired) electrons. The van der Waals surface area contributed by atoms with Crippen molar-refractivity contribution >= 4 is 11.8 Å². The van der Waals surface area contributed by atoms with Crippen molar-refractivity contribution in [1.82, 2.24) is 9.97 Å². The van der Waals surface area contributed by atoms with E-state index in [1.165, 1.54) is 12.1 Å². The molecule has 0 aliphatic carbocycles. The monoisotopic (exact) mass is 418 g/mol. The highest BCUT2D eigenvalue weighted by atomic mass is 19.2. The molecule has 0 saturated carbocycles. The van der Waals surface area contributed by atoms with Gasteiger partial charge in [-0.15, -0.1) is 0 Å². The third-order valence-electron chi connectivity index (χ3n) is 5.92. The van der Waals surface area contributed by atoms with Crippen molar-refractivity contribution < 1.29 is 13.5 Å². The number of benzene rings is 1. The molecule has 0 unspecified atom stereocenters. The molecule has 30 heavy (non-hydrogen) atoms. The van der Waals surface area contributed by atoms with Gasteiger partial charge in [0.25, 0.3) is 5.56 Å². The van der Waals surface area contributed by atoms with Crippen LogP contribution in [0, 0.1) is 11.6 Å². The van der Waals surface area contributed by atoms with Crippen LogP contribution >= 0.6 is 0 Å². The van der Waals surface area contributed by atoms with Crippen molar-refractivity contribution in [3.05, 3.63) is 51.8 Å². The number of hydrogen-bond donors (Lipinski definition) is 1. The van der Waals surface area contributed by atoms with E-state index in [1.54, 1.807) is 6.07 Å². The van der Waals surface area contributed by atoms with Gasteiger partial charge >= 0.3 is 0 Å². The number of aromatic amines is 1. The summed E-state index contributed by atoms with van der Waals surface area (Å²) in [5.74, 6) is -0.494. The van der Waals surface area contributed by atoms with E-state index in [1.807, 2.05) is 6.92 Å². The average Bonchev–Trinajstić information content (AvgIpc) is 2.96. The highest BCUT2D eigenvalue weighted by molar-refractivity contribution is 5.45. The smallest absolute Gasteiger partial charge is 0.254 e. The van der Waals surface area contributed by atoms with Gasteiger partial charge in [-0.05, 0) is 37.8 Å². The largest absolute Gasteiger partial charge is 0.375 e. The Balaban J connectivity index is 1.64. The standard InChI is InChI=1S/C22H28F2N4O2/c1-15-14-27(10-11-30-15)19-13-20(29)26-22(25-19)28-9-4-2-3-7-17(28)12-16-6-5-8-18(23)21(16)24/h5-6,8,13,15,17H,2-4,7,9-12,14H2,1H3,(H,25,26,29)/t15-,17+/m1/s1. The number of anilines is 2. The lowest BCUT2D eigenvalue weighted by Crippen LogP contribution is -2.43. The minimum atomic E-state index is -0.831. The van der Waals surface area contributed by atoms with Crippen LogP contribution in [0.2, 0.25) is 0 Å². The zero-order valence-corrected chi connectivity index (χ0v) is 17.2. The van der Waals surface area contributed by atoms with E-state index in [-0.39, 0.29) is 17.7 Å². The van der Waals surface area contributed by atoms with Crippen LogP contribution in [0.1, 0.15) is 38.2 Å². The van der Waals surface area contributed by atoms with E-state index in [0.29, 0.717) is 50.0 Å². The number of morpholine rings is 1. The number of halogens is 2. The SMILES string of the molecule is C[C@@H]1CN(c2cc(=O)[nH]c(N3CCCCC[C@H]3Cc3cccc(F)c3F)n2)CCO1.